The third-order valence-electron chi connectivity index (χ3n) is 5.28. The van der Waals surface area contributed by atoms with Crippen LogP contribution in [0.25, 0.3) is 6.08 Å². The molecule has 1 aliphatic rings. The zero-order chi connectivity index (χ0) is 27.2. The average molecular weight is 620 g/mol. The highest BCUT2D eigenvalue weighted by Gasteiger charge is 2.36. The number of nitrogens with zero attached hydrogens (tertiary/aromatic N) is 1. The van der Waals surface area contributed by atoms with Crippen LogP contribution < -0.4 is 14.8 Å². The zero-order valence-corrected chi connectivity index (χ0v) is 23.2. The first-order valence-corrected chi connectivity index (χ1v) is 13.4. The predicted octanol–water partition coefficient (Wildman–Crippen LogP) is 6.89. The Bertz CT molecular complexity index is 1420. The van der Waals surface area contributed by atoms with Crippen molar-refractivity contribution in [2.45, 2.75) is 13.5 Å². The molecule has 1 fully saturated rings. The number of hydrogen-bond donors (Lipinski definition) is 1. The van der Waals surface area contributed by atoms with E-state index in [0.29, 0.717) is 38.9 Å². The van der Waals surface area contributed by atoms with E-state index in [1.165, 1.54) is 12.1 Å². The molecule has 4 rings (SSSR count). The normalized spacial score (nSPS) is 14.2. The number of anilines is 1. The Morgan fingerprint density at radius 1 is 1.11 bits per heavy atom. The van der Waals surface area contributed by atoms with E-state index >= 15 is 0 Å². The van der Waals surface area contributed by atoms with E-state index in [4.69, 9.17) is 21.1 Å². The molecule has 1 N–H and O–H groups in total. The van der Waals surface area contributed by atoms with Crippen LogP contribution in [-0.2, 0) is 16.2 Å². The highest BCUT2D eigenvalue weighted by atomic mass is 79.9. The van der Waals surface area contributed by atoms with Crippen LogP contribution in [0.1, 0.15) is 18.1 Å². The average Bonchev–Trinajstić information content (AvgIpc) is 3.14. The molecule has 0 bridgehead atoms. The van der Waals surface area contributed by atoms with Gasteiger partial charge >= 0.3 is 0 Å². The molecular weight excluding hydrogens is 599 g/mol. The molecule has 3 aromatic rings. The Balaban J connectivity index is 1.49. The highest BCUT2D eigenvalue weighted by molar-refractivity contribution is 9.10. The standard InChI is InChI=1S/C27H21BrClFN2O5S/c1-2-36-22-11-17(19(28)13-23(22)37-15-16-7-9-18(30)10-8-16)12-24-26(34)32(27(35)38-24)14-25(33)31-21-6-4-3-5-20(21)29/h3-13H,2,14-15H2,1H3,(H,31,33)/b24-12+. The molecule has 3 aromatic carbocycles. The van der Waals surface area contributed by atoms with Gasteiger partial charge < -0.3 is 14.8 Å². The maximum absolute atomic E-state index is 13.2. The second-order valence-electron chi connectivity index (χ2n) is 7.96. The molecule has 0 spiro atoms. The summed E-state index contributed by atoms with van der Waals surface area (Å²) in [5.41, 5.74) is 1.74. The van der Waals surface area contributed by atoms with Crippen LogP contribution in [0.5, 0.6) is 11.5 Å². The first-order chi connectivity index (χ1) is 18.2. The van der Waals surface area contributed by atoms with Gasteiger partial charge in [0.15, 0.2) is 11.5 Å². The van der Waals surface area contributed by atoms with E-state index in [2.05, 4.69) is 21.2 Å². The van der Waals surface area contributed by atoms with Crippen LogP contribution >= 0.6 is 39.3 Å². The van der Waals surface area contributed by atoms with Crippen LogP contribution in [0.3, 0.4) is 0 Å². The molecule has 0 unspecified atom stereocenters. The lowest BCUT2D eigenvalue weighted by Crippen LogP contribution is -2.36. The Hall–Kier alpha value is -3.34. The molecule has 0 radical (unpaired) electrons. The molecule has 11 heteroatoms. The summed E-state index contributed by atoms with van der Waals surface area (Å²) in [6, 6.07) is 16.0. The Labute approximate surface area is 236 Å². The molecule has 0 saturated carbocycles. The fourth-order valence-electron chi connectivity index (χ4n) is 3.46. The number of imide groups is 1. The lowest BCUT2D eigenvalue weighted by atomic mass is 10.1. The van der Waals surface area contributed by atoms with Crippen LogP contribution in [0, 0.1) is 5.82 Å². The van der Waals surface area contributed by atoms with Crippen molar-refractivity contribution in [3.63, 3.8) is 0 Å². The van der Waals surface area contributed by atoms with Gasteiger partial charge in [0.25, 0.3) is 11.1 Å². The van der Waals surface area contributed by atoms with Crippen LogP contribution in [0.15, 0.2) is 70.0 Å². The molecule has 38 heavy (non-hydrogen) atoms. The summed E-state index contributed by atoms with van der Waals surface area (Å²) in [4.78, 5) is 39.0. The van der Waals surface area contributed by atoms with Gasteiger partial charge in [-0.25, -0.2) is 4.39 Å². The minimum absolute atomic E-state index is 0.156. The molecule has 3 amide bonds. The summed E-state index contributed by atoms with van der Waals surface area (Å²) >= 11 is 10.3. The van der Waals surface area contributed by atoms with Gasteiger partial charge in [-0.15, -0.1) is 0 Å². The third-order valence-corrected chi connectivity index (χ3v) is 7.20. The summed E-state index contributed by atoms with van der Waals surface area (Å²) in [5, 5.41) is 2.39. The Morgan fingerprint density at radius 2 is 1.82 bits per heavy atom. The van der Waals surface area contributed by atoms with Crippen LogP contribution in [0.2, 0.25) is 5.02 Å². The van der Waals surface area contributed by atoms with Crippen molar-refractivity contribution in [3.8, 4) is 11.5 Å². The minimum atomic E-state index is -0.587. The number of rotatable bonds is 9. The van der Waals surface area contributed by atoms with Gasteiger partial charge in [-0.1, -0.05) is 51.8 Å². The summed E-state index contributed by atoms with van der Waals surface area (Å²) < 4.78 is 25.4. The number of carbonyl (C=O) groups excluding carboxylic acids is 3. The first-order valence-electron chi connectivity index (χ1n) is 11.4. The number of ether oxygens (including phenoxy) is 2. The van der Waals surface area contributed by atoms with Crippen molar-refractivity contribution >= 4 is 68.1 Å². The quantitative estimate of drug-likeness (QED) is 0.263. The van der Waals surface area contributed by atoms with Crippen LogP contribution in [-0.4, -0.2) is 35.1 Å². The van der Waals surface area contributed by atoms with Crippen molar-refractivity contribution in [3.05, 3.63) is 92.0 Å². The molecule has 1 heterocycles. The maximum Gasteiger partial charge on any atom is 0.294 e. The number of thioether (sulfide) groups is 1. The fraction of sp³-hybridized carbons (Fsp3) is 0.148. The summed E-state index contributed by atoms with van der Waals surface area (Å²) in [5.74, 6) is -0.589. The topological polar surface area (TPSA) is 84.9 Å². The maximum atomic E-state index is 13.2. The first kappa shape index (κ1) is 27.7. The van der Waals surface area contributed by atoms with Crippen molar-refractivity contribution in [2.24, 2.45) is 0 Å². The van der Waals surface area contributed by atoms with E-state index in [0.717, 1.165) is 22.2 Å². The monoisotopic (exact) mass is 618 g/mol. The Kier molecular flexibility index (Phi) is 9.09. The molecule has 0 atom stereocenters. The van der Waals surface area contributed by atoms with Crippen LogP contribution in [0.4, 0.5) is 14.9 Å². The molecule has 0 aliphatic carbocycles. The van der Waals surface area contributed by atoms with E-state index in [-0.39, 0.29) is 17.3 Å². The number of nitrogens with one attached hydrogen (secondary N) is 1. The zero-order valence-electron chi connectivity index (χ0n) is 20.0. The summed E-state index contributed by atoms with van der Waals surface area (Å²) in [7, 11) is 0. The number of benzene rings is 3. The molecule has 1 aliphatic heterocycles. The number of carbonyl (C=O) groups is 3. The SMILES string of the molecule is CCOc1cc(/C=C2/SC(=O)N(CC(=O)Nc3ccccc3Cl)C2=O)c(Br)cc1OCc1ccc(F)cc1. The van der Waals surface area contributed by atoms with E-state index in [1.807, 2.05) is 6.92 Å². The molecule has 1 saturated heterocycles. The molecule has 196 valence electrons. The number of para-hydroxylation sites is 1. The fourth-order valence-corrected chi connectivity index (χ4v) is 4.91. The lowest BCUT2D eigenvalue weighted by Gasteiger charge is -2.14. The molecule has 0 aromatic heterocycles. The van der Waals surface area contributed by atoms with Gasteiger partial charge in [-0.05, 0) is 72.3 Å². The number of halogens is 3. The van der Waals surface area contributed by atoms with Crippen molar-refractivity contribution in [2.75, 3.05) is 18.5 Å². The van der Waals surface area contributed by atoms with Crippen molar-refractivity contribution in [1.82, 2.24) is 4.90 Å². The predicted molar refractivity (Wildman–Crippen MR) is 149 cm³/mol. The van der Waals surface area contributed by atoms with Gasteiger partial charge in [-0.2, -0.15) is 0 Å². The smallest absolute Gasteiger partial charge is 0.294 e. The summed E-state index contributed by atoms with van der Waals surface area (Å²) in [6.45, 7) is 1.94. The van der Waals surface area contributed by atoms with Gasteiger partial charge in [0.05, 0.1) is 22.2 Å². The van der Waals surface area contributed by atoms with Gasteiger partial charge in [0, 0.05) is 4.47 Å². The number of amides is 3. The van der Waals surface area contributed by atoms with Crippen molar-refractivity contribution in [1.29, 1.82) is 0 Å². The van der Waals surface area contributed by atoms with Crippen molar-refractivity contribution < 1.29 is 28.2 Å². The number of hydrogen-bond acceptors (Lipinski definition) is 6. The van der Waals surface area contributed by atoms with Gasteiger partial charge in [0.1, 0.15) is 19.0 Å². The molecule has 7 nitrogen and oxygen atoms in total. The lowest BCUT2D eigenvalue weighted by molar-refractivity contribution is -0.127. The second-order valence-corrected chi connectivity index (χ2v) is 10.2. The van der Waals surface area contributed by atoms with Gasteiger partial charge in [0.2, 0.25) is 5.91 Å². The third kappa shape index (κ3) is 6.75. The van der Waals surface area contributed by atoms with Gasteiger partial charge in [-0.3, -0.25) is 19.3 Å². The van der Waals surface area contributed by atoms with E-state index in [1.54, 1.807) is 54.6 Å². The highest BCUT2D eigenvalue weighted by Crippen LogP contribution is 2.38. The van der Waals surface area contributed by atoms with E-state index < -0.39 is 23.6 Å². The second kappa shape index (κ2) is 12.5. The minimum Gasteiger partial charge on any atom is -0.490 e. The molecular formula is C27H21BrClFN2O5S. The van der Waals surface area contributed by atoms with E-state index in [9.17, 15) is 18.8 Å². The Morgan fingerprint density at radius 3 is 2.53 bits per heavy atom. The summed E-state index contributed by atoms with van der Waals surface area (Å²) in [6.07, 6.45) is 1.55. The largest absolute Gasteiger partial charge is 0.490 e.